The van der Waals surface area contributed by atoms with Crippen molar-refractivity contribution in [3.05, 3.63) is 23.3 Å². The first-order chi connectivity index (χ1) is 9.43. The van der Waals surface area contributed by atoms with Crippen LogP contribution in [-0.4, -0.2) is 58.7 Å². The molecule has 3 N–H and O–H groups in total. The van der Waals surface area contributed by atoms with Crippen molar-refractivity contribution in [2.24, 2.45) is 5.92 Å². The van der Waals surface area contributed by atoms with Crippen LogP contribution in [0.2, 0.25) is 0 Å². The lowest BCUT2D eigenvalue weighted by atomic mass is 9.93. The van der Waals surface area contributed by atoms with Gasteiger partial charge in [-0.15, -0.1) is 12.4 Å². The number of rotatable bonds is 6. The summed E-state index contributed by atoms with van der Waals surface area (Å²) in [6.07, 6.45) is 4.95. The molecule has 0 saturated carbocycles. The summed E-state index contributed by atoms with van der Waals surface area (Å²) in [7, 11) is 0. The van der Waals surface area contributed by atoms with E-state index in [1.54, 1.807) is 0 Å². The molecule has 1 fully saturated rings. The van der Waals surface area contributed by atoms with E-state index in [-0.39, 0.29) is 24.9 Å². The van der Waals surface area contributed by atoms with E-state index in [0.29, 0.717) is 13.1 Å². The van der Waals surface area contributed by atoms with Gasteiger partial charge >= 0.3 is 0 Å². The van der Waals surface area contributed by atoms with Gasteiger partial charge in [-0.25, -0.2) is 0 Å². The van der Waals surface area contributed by atoms with Gasteiger partial charge in [0.2, 0.25) is 0 Å². The number of likely N-dealkylation sites (tertiary alicyclic amines) is 1. The Bertz CT molecular complexity index is 353. The second-order valence-electron chi connectivity index (χ2n) is 6.09. The van der Waals surface area contributed by atoms with Crippen LogP contribution >= 0.6 is 12.4 Å². The summed E-state index contributed by atoms with van der Waals surface area (Å²) >= 11 is 0. The second-order valence-corrected chi connectivity index (χ2v) is 6.09. The van der Waals surface area contributed by atoms with E-state index in [9.17, 15) is 15.3 Å². The standard InChI is InChI=1S/C16H29NO3.ClH/c1-12(2)5-4-6-13(3)7-8-17-9-14(11-18)16(20)15(19)10-17;/h5,7,14-16,18-20H,4,6,8-11H2,1-3H3;1H/t14-,15-,16-;/m1./s1. The zero-order chi connectivity index (χ0) is 15.1. The van der Waals surface area contributed by atoms with E-state index in [2.05, 4.69) is 37.8 Å². The van der Waals surface area contributed by atoms with Crippen molar-refractivity contribution in [2.75, 3.05) is 26.2 Å². The first-order valence-corrected chi connectivity index (χ1v) is 7.42. The molecule has 124 valence electrons. The lowest BCUT2D eigenvalue weighted by molar-refractivity contribution is -0.0836. The predicted molar refractivity (Wildman–Crippen MR) is 88.7 cm³/mol. The first kappa shape index (κ1) is 20.6. The molecular formula is C16H30ClNO3. The quantitative estimate of drug-likeness (QED) is 0.653. The number of halogens is 1. The monoisotopic (exact) mass is 319 g/mol. The maximum atomic E-state index is 9.79. The Balaban J connectivity index is 0.00000400. The zero-order valence-electron chi connectivity index (χ0n) is 13.3. The van der Waals surface area contributed by atoms with E-state index in [0.717, 1.165) is 19.4 Å². The highest BCUT2D eigenvalue weighted by Crippen LogP contribution is 2.18. The third kappa shape index (κ3) is 7.43. The smallest absolute Gasteiger partial charge is 0.0929 e. The van der Waals surface area contributed by atoms with Gasteiger partial charge < -0.3 is 15.3 Å². The van der Waals surface area contributed by atoms with Crippen molar-refractivity contribution in [2.45, 2.75) is 45.8 Å². The van der Waals surface area contributed by atoms with Gasteiger partial charge in [0.05, 0.1) is 12.2 Å². The fourth-order valence-electron chi connectivity index (χ4n) is 2.49. The number of aliphatic hydroxyl groups is 3. The lowest BCUT2D eigenvalue weighted by Crippen LogP contribution is -2.53. The molecule has 3 atom stereocenters. The van der Waals surface area contributed by atoms with E-state index >= 15 is 0 Å². The van der Waals surface area contributed by atoms with Crippen LogP contribution < -0.4 is 0 Å². The Morgan fingerprint density at radius 1 is 1.14 bits per heavy atom. The number of aliphatic hydroxyl groups excluding tert-OH is 3. The van der Waals surface area contributed by atoms with Crippen molar-refractivity contribution < 1.29 is 15.3 Å². The summed E-state index contributed by atoms with van der Waals surface area (Å²) in [5.41, 5.74) is 2.68. The molecule has 1 heterocycles. The molecule has 5 heteroatoms. The Hall–Kier alpha value is -0.390. The van der Waals surface area contributed by atoms with E-state index in [4.69, 9.17) is 0 Å². The predicted octanol–water partition coefficient (Wildman–Crippen LogP) is 1.75. The molecule has 1 aliphatic rings. The molecule has 1 rings (SSSR count). The molecule has 0 amide bonds. The van der Waals surface area contributed by atoms with Gasteiger partial charge in [-0.1, -0.05) is 23.3 Å². The zero-order valence-corrected chi connectivity index (χ0v) is 14.1. The van der Waals surface area contributed by atoms with Crippen LogP contribution in [-0.2, 0) is 0 Å². The van der Waals surface area contributed by atoms with E-state index < -0.39 is 12.2 Å². The molecule has 1 aliphatic heterocycles. The van der Waals surface area contributed by atoms with Crippen LogP contribution in [0.1, 0.15) is 33.6 Å². The average molecular weight is 320 g/mol. The Morgan fingerprint density at radius 3 is 2.38 bits per heavy atom. The highest BCUT2D eigenvalue weighted by molar-refractivity contribution is 5.85. The molecule has 0 spiro atoms. The third-order valence-corrected chi connectivity index (χ3v) is 3.84. The molecule has 1 saturated heterocycles. The van der Waals surface area contributed by atoms with Gasteiger partial charge in [0, 0.05) is 32.2 Å². The number of hydrogen-bond acceptors (Lipinski definition) is 4. The number of piperidine rings is 1. The summed E-state index contributed by atoms with van der Waals surface area (Å²) in [6.45, 7) is 8.11. The minimum Gasteiger partial charge on any atom is -0.396 e. The van der Waals surface area contributed by atoms with Crippen molar-refractivity contribution in [3.63, 3.8) is 0 Å². The number of allylic oxidation sites excluding steroid dienone is 3. The normalized spacial score (nSPS) is 27.1. The van der Waals surface area contributed by atoms with Gasteiger partial charge in [-0.3, -0.25) is 4.90 Å². The van der Waals surface area contributed by atoms with Gasteiger partial charge in [-0.05, 0) is 33.6 Å². The molecule has 0 bridgehead atoms. The fourth-order valence-corrected chi connectivity index (χ4v) is 2.49. The van der Waals surface area contributed by atoms with Crippen LogP contribution in [0.25, 0.3) is 0 Å². The minimum atomic E-state index is -0.806. The third-order valence-electron chi connectivity index (χ3n) is 3.84. The molecule has 0 aliphatic carbocycles. The van der Waals surface area contributed by atoms with Crippen molar-refractivity contribution in [1.82, 2.24) is 4.90 Å². The molecule has 0 aromatic heterocycles. The molecule has 0 unspecified atom stereocenters. The Morgan fingerprint density at radius 2 is 1.81 bits per heavy atom. The molecule has 0 aromatic rings. The number of hydrogen-bond donors (Lipinski definition) is 3. The van der Waals surface area contributed by atoms with E-state index in [1.165, 1.54) is 11.1 Å². The molecule has 0 radical (unpaired) electrons. The van der Waals surface area contributed by atoms with Crippen molar-refractivity contribution >= 4 is 12.4 Å². The van der Waals surface area contributed by atoms with Crippen molar-refractivity contribution in [1.29, 1.82) is 0 Å². The van der Waals surface area contributed by atoms with Gasteiger partial charge in [0.15, 0.2) is 0 Å². The Labute approximate surface area is 134 Å². The maximum absolute atomic E-state index is 9.79. The highest BCUT2D eigenvalue weighted by Gasteiger charge is 2.33. The summed E-state index contributed by atoms with van der Waals surface area (Å²) < 4.78 is 0. The largest absolute Gasteiger partial charge is 0.396 e. The molecular weight excluding hydrogens is 290 g/mol. The molecule has 4 nitrogen and oxygen atoms in total. The summed E-state index contributed by atoms with van der Waals surface area (Å²) in [6, 6.07) is 0. The summed E-state index contributed by atoms with van der Waals surface area (Å²) in [4.78, 5) is 2.09. The molecule has 0 aromatic carbocycles. The van der Waals surface area contributed by atoms with Gasteiger partial charge in [0.25, 0.3) is 0 Å². The lowest BCUT2D eigenvalue weighted by Gasteiger charge is -2.38. The summed E-state index contributed by atoms with van der Waals surface area (Å²) in [5.74, 6) is -0.252. The molecule has 21 heavy (non-hydrogen) atoms. The van der Waals surface area contributed by atoms with E-state index in [1.807, 2.05) is 0 Å². The first-order valence-electron chi connectivity index (χ1n) is 7.42. The van der Waals surface area contributed by atoms with Crippen LogP contribution in [0.5, 0.6) is 0 Å². The minimum absolute atomic E-state index is 0. The van der Waals surface area contributed by atoms with Crippen LogP contribution in [0.3, 0.4) is 0 Å². The number of nitrogens with zero attached hydrogens (tertiary/aromatic N) is 1. The fraction of sp³-hybridized carbons (Fsp3) is 0.750. The summed E-state index contributed by atoms with van der Waals surface area (Å²) in [5, 5.41) is 28.8. The van der Waals surface area contributed by atoms with Gasteiger partial charge in [0.1, 0.15) is 0 Å². The van der Waals surface area contributed by atoms with Crippen LogP contribution in [0.15, 0.2) is 23.3 Å². The SMILES string of the molecule is CC(C)=CCCC(C)=CCN1C[C@H](CO)[C@@H](O)[C@H](O)C1.Cl. The highest BCUT2D eigenvalue weighted by atomic mass is 35.5. The van der Waals surface area contributed by atoms with Crippen LogP contribution in [0, 0.1) is 5.92 Å². The Kier molecular flexibility index (Phi) is 10.2. The topological polar surface area (TPSA) is 63.9 Å². The second kappa shape index (κ2) is 10.4. The van der Waals surface area contributed by atoms with Crippen LogP contribution in [0.4, 0.5) is 0 Å². The maximum Gasteiger partial charge on any atom is 0.0929 e. The number of β-amino-alcohol motifs (C(OH)–C–C–N with tert-alkyl or cyclic N) is 1. The van der Waals surface area contributed by atoms with Gasteiger partial charge in [-0.2, -0.15) is 0 Å². The average Bonchev–Trinajstić information content (AvgIpc) is 2.39. The van der Waals surface area contributed by atoms with Crippen molar-refractivity contribution in [3.8, 4) is 0 Å².